The molecule has 0 fully saturated rings. The molecule has 1 aliphatic rings. The first-order chi connectivity index (χ1) is 16.9. The first kappa shape index (κ1) is 21.5. The molecule has 6 nitrogen and oxygen atoms in total. The van der Waals surface area contributed by atoms with Gasteiger partial charge in [0.2, 0.25) is 5.76 Å². The summed E-state index contributed by atoms with van der Waals surface area (Å²) in [6.45, 7) is 4.31. The van der Waals surface area contributed by atoms with Crippen molar-refractivity contribution in [2.75, 3.05) is 11.5 Å². The van der Waals surface area contributed by atoms with E-state index in [2.05, 4.69) is 4.98 Å². The largest absolute Gasteiger partial charge is 0.494 e. The van der Waals surface area contributed by atoms with Crippen LogP contribution in [-0.4, -0.2) is 17.5 Å². The Balaban J connectivity index is 1.60. The minimum absolute atomic E-state index is 0.0464. The number of thiazole rings is 1. The number of anilines is 1. The Morgan fingerprint density at radius 1 is 1.11 bits per heavy atom. The third-order valence-corrected chi connectivity index (χ3v) is 7.07. The molecule has 0 saturated heterocycles. The Labute approximate surface area is 203 Å². The molecular weight excluding hydrogens is 467 g/mol. The lowest BCUT2D eigenvalue weighted by molar-refractivity contribution is 0.0971. The van der Waals surface area contributed by atoms with Crippen molar-refractivity contribution >= 4 is 43.6 Å². The molecule has 1 amide bonds. The smallest absolute Gasteiger partial charge is 0.297 e. The molecule has 8 heteroatoms. The standard InChI is InChI=1S/C27H19FN2O4S/c1-3-33-17-8-9-19-21(13-17)35-27(29-19)30-23(15-5-4-6-16(28)12-15)22-24(31)18-11-14(2)7-10-20(18)34-25(22)26(30)32/h4-13,23H,3H2,1-2H3/t23-/m1/s1. The predicted octanol–water partition coefficient (Wildman–Crippen LogP) is 6.00. The van der Waals surface area contributed by atoms with Gasteiger partial charge in [0.15, 0.2) is 10.6 Å². The normalized spacial score (nSPS) is 15.2. The molecule has 1 atom stereocenters. The fraction of sp³-hybridized carbons (Fsp3) is 0.148. The van der Waals surface area contributed by atoms with Gasteiger partial charge in [-0.05, 0) is 61.9 Å². The van der Waals surface area contributed by atoms with Crippen molar-refractivity contribution in [3.8, 4) is 5.75 Å². The fourth-order valence-corrected chi connectivity index (χ4v) is 5.55. The Kier molecular flexibility index (Phi) is 4.93. The number of halogens is 1. The van der Waals surface area contributed by atoms with Crippen LogP contribution in [0.25, 0.3) is 21.2 Å². The quantitative estimate of drug-likeness (QED) is 0.312. The van der Waals surface area contributed by atoms with E-state index in [9.17, 15) is 14.0 Å². The number of aryl methyl sites for hydroxylation is 1. The maximum atomic E-state index is 14.3. The number of nitrogens with zero attached hydrogens (tertiary/aromatic N) is 2. The monoisotopic (exact) mass is 486 g/mol. The number of rotatable bonds is 4. The van der Waals surface area contributed by atoms with E-state index < -0.39 is 17.8 Å². The molecule has 0 saturated carbocycles. The molecule has 5 aromatic rings. The van der Waals surface area contributed by atoms with Crippen molar-refractivity contribution in [3.05, 3.63) is 99.2 Å². The molecule has 2 aromatic heterocycles. The average molecular weight is 487 g/mol. The summed E-state index contributed by atoms with van der Waals surface area (Å²) in [5.74, 6) is -0.297. The molecule has 0 bridgehead atoms. The maximum absolute atomic E-state index is 14.3. The summed E-state index contributed by atoms with van der Waals surface area (Å²) in [6.07, 6.45) is 0. The SMILES string of the molecule is CCOc1ccc2nc(N3C(=O)c4oc5ccc(C)cc5c(=O)c4[C@H]3c3cccc(F)c3)sc2c1. The zero-order valence-corrected chi connectivity index (χ0v) is 19.7. The minimum Gasteiger partial charge on any atom is -0.494 e. The fourth-order valence-electron chi connectivity index (χ4n) is 4.53. The summed E-state index contributed by atoms with van der Waals surface area (Å²) >= 11 is 1.30. The molecule has 0 N–H and O–H groups in total. The first-order valence-corrected chi connectivity index (χ1v) is 12.0. The first-order valence-electron chi connectivity index (χ1n) is 11.1. The summed E-state index contributed by atoms with van der Waals surface area (Å²) in [6, 6.07) is 15.8. The van der Waals surface area contributed by atoms with Crippen molar-refractivity contribution in [3.63, 3.8) is 0 Å². The lowest BCUT2D eigenvalue weighted by Gasteiger charge is -2.22. The maximum Gasteiger partial charge on any atom is 0.297 e. The average Bonchev–Trinajstić information content (AvgIpc) is 3.38. The molecule has 0 spiro atoms. The second kappa shape index (κ2) is 8.02. The molecular formula is C27H19FN2O4S. The van der Waals surface area contributed by atoms with E-state index in [1.807, 2.05) is 38.1 Å². The van der Waals surface area contributed by atoms with Crippen LogP contribution in [0.15, 0.2) is 69.9 Å². The second-order valence-corrected chi connectivity index (χ2v) is 9.37. The topological polar surface area (TPSA) is 72.6 Å². The summed E-state index contributed by atoms with van der Waals surface area (Å²) in [7, 11) is 0. The summed E-state index contributed by atoms with van der Waals surface area (Å²) < 4.78 is 26.7. The molecule has 1 aliphatic heterocycles. The third kappa shape index (κ3) is 3.40. The van der Waals surface area contributed by atoms with Gasteiger partial charge in [-0.1, -0.05) is 35.1 Å². The van der Waals surface area contributed by atoms with Crippen LogP contribution in [0, 0.1) is 12.7 Å². The van der Waals surface area contributed by atoms with E-state index in [1.54, 1.807) is 24.3 Å². The minimum atomic E-state index is -0.874. The van der Waals surface area contributed by atoms with Gasteiger partial charge in [0, 0.05) is 0 Å². The highest BCUT2D eigenvalue weighted by Crippen LogP contribution is 2.44. The molecule has 174 valence electrons. The number of carbonyl (C=O) groups excluding carboxylic acids is 1. The summed E-state index contributed by atoms with van der Waals surface area (Å²) in [5.41, 5.74) is 2.26. The van der Waals surface area contributed by atoms with Crippen molar-refractivity contribution in [1.82, 2.24) is 4.98 Å². The highest BCUT2D eigenvalue weighted by atomic mass is 32.1. The number of ether oxygens (including phenoxy) is 1. The molecule has 35 heavy (non-hydrogen) atoms. The van der Waals surface area contributed by atoms with E-state index in [-0.39, 0.29) is 16.8 Å². The predicted molar refractivity (Wildman–Crippen MR) is 133 cm³/mol. The van der Waals surface area contributed by atoms with Gasteiger partial charge in [0.05, 0.1) is 33.8 Å². The Morgan fingerprint density at radius 2 is 1.97 bits per heavy atom. The van der Waals surface area contributed by atoms with Crippen LogP contribution in [0.3, 0.4) is 0 Å². The zero-order chi connectivity index (χ0) is 24.3. The number of hydrogen-bond donors (Lipinski definition) is 0. The Bertz CT molecular complexity index is 1710. The van der Waals surface area contributed by atoms with Crippen molar-refractivity contribution in [1.29, 1.82) is 0 Å². The number of carbonyl (C=O) groups is 1. The lowest BCUT2D eigenvalue weighted by atomic mass is 9.98. The number of benzene rings is 3. The van der Waals surface area contributed by atoms with Crippen LogP contribution in [0.2, 0.25) is 0 Å². The number of hydrogen-bond acceptors (Lipinski definition) is 6. The van der Waals surface area contributed by atoms with Crippen LogP contribution in [-0.2, 0) is 0 Å². The molecule has 6 rings (SSSR count). The molecule has 3 heterocycles. The van der Waals surface area contributed by atoms with E-state index in [1.165, 1.54) is 28.4 Å². The highest BCUT2D eigenvalue weighted by Gasteiger charge is 2.45. The molecule has 0 radical (unpaired) electrons. The second-order valence-electron chi connectivity index (χ2n) is 8.37. The van der Waals surface area contributed by atoms with Gasteiger partial charge in [-0.15, -0.1) is 0 Å². The van der Waals surface area contributed by atoms with Crippen LogP contribution < -0.4 is 15.1 Å². The lowest BCUT2D eigenvalue weighted by Crippen LogP contribution is -2.29. The van der Waals surface area contributed by atoms with Crippen molar-refractivity contribution in [2.24, 2.45) is 0 Å². The summed E-state index contributed by atoms with van der Waals surface area (Å²) in [4.78, 5) is 33.5. The van der Waals surface area contributed by atoms with E-state index >= 15 is 0 Å². The van der Waals surface area contributed by atoms with Crippen molar-refractivity contribution < 1.29 is 18.3 Å². The van der Waals surface area contributed by atoms with E-state index in [4.69, 9.17) is 9.15 Å². The molecule has 0 aliphatic carbocycles. The van der Waals surface area contributed by atoms with Gasteiger partial charge in [-0.25, -0.2) is 9.37 Å². The van der Waals surface area contributed by atoms with Crippen molar-refractivity contribution in [2.45, 2.75) is 19.9 Å². The van der Waals surface area contributed by atoms with Gasteiger partial charge in [0.25, 0.3) is 5.91 Å². The molecule has 0 unspecified atom stereocenters. The number of amides is 1. The highest BCUT2D eigenvalue weighted by molar-refractivity contribution is 7.22. The number of aromatic nitrogens is 1. The Morgan fingerprint density at radius 3 is 2.77 bits per heavy atom. The van der Waals surface area contributed by atoms with Crippen LogP contribution >= 0.6 is 11.3 Å². The molecule has 3 aromatic carbocycles. The van der Waals surface area contributed by atoms with E-state index in [0.29, 0.717) is 39.5 Å². The van der Waals surface area contributed by atoms with E-state index in [0.717, 1.165) is 10.3 Å². The van der Waals surface area contributed by atoms with Gasteiger partial charge < -0.3 is 9.15 Å². The van der Waals surface area contributed by atoms with Gasteiger partial charge in [-0.2, -0.15) is 0 Å². The van der Waals surface area contributed by atoms with Gasteiger partial charge in [-0.3, -0.25) is 14.5 Å². The van der Waals surface area contributed by atoms with Gasteiger partial charge >= 0.3 is 0 Å². The number of fused-ring (bicyclic) bond motifs is 3. The zero-order valence-electron chi connectivity index (χ0n) is 18.9. The van der Waals surface area contributed by atoms with Crippen LogP contribution in [0.4, 0.5) is 9.52 Å². The van der Waals surface area contributed by atoms with Crippen LogP contribution in [0.5, 0.6) is 5.75 Å². The van der Waals surface area contributed by atoms with Gasteiger partial charge in [0.1, 0.15) is 17.1 Å². The Hall–Kier alpha value is -4.04. The summed E-state index contributed by atoms with van der Waals surface area (Å²) in [5, 5.41) is 0.768. The third-order valence-electron chi connectivity index (χ3n) is 6.06. The van der Waals surface area contributed by atoms with Crippen LogP contribution in [0.1, 0.15) is 40.2 Å².